The van der Waals surface area contributed by atoms with Crippen molar-refractivity contribution in [2.75, 3.05) is 0 Å². The Hall–Kier alpha value is -1.95. The van der Waals surface area contributed by atoms with Gasteiger partial charge in [-0.15, -0.1) is 24.8 Å². The second kappa shape index (κ2) is 8.48. The molecule has 0 fully saturated rings. The maximum Gasteiger partial charge on any atom is 0.244 e. The van der Waals surface area contributed by atoms with Crippen LogP contribution < -0.4 is 5.73 Å². The second-order valence-corrected chi connectivity index (χ2v) is 4.49. The van der Waals surface area contributed by atoms with Gasteiger partial charge >= 0.3 is 0 Å². The minimum Gasteiger partial charge on any atom is -0.337 e. The Morgan fingerprint density at radius 2 is 1.68 bits per heavy atom. The number of rotatable bonds is 4. The minimum absolute atomic E-state index is 0. The van der Waals surface area contributed by atoms with Gasteiger partial charge in [-0.05, 0) is 24.1 Å². The highest BCUT2D eigenvalue weighted by molar-refractivity contribution is 5.85. The lowest BCUT2D eigenvalue weighted by molar-refractivity contribution is 0.354. The summed E-state index contributed by atoms with van der Waals surface area (Å²) >= 11 is 0. The molecule has 1 atom stereocenters. The summed E-state index contributed by atoms with van der Waals surface area (Å²) < 4.78 is 5.25. The van der Waals surface area contributed by atoms with Gasteiger partial charge in [-0.2, -0.15) is 4.98 Å². The average molecular weight is 339 g/mol. The van der Waals surface area contributed by atoms with E-state index in [0.717, 1.165) is 11.1 Å². The van der Waals surface area contributed by atoms with Gasteiger partial charge in [0.15, 0.2) is 0 Å². The lowest BCUT2D eigenvalue weighted by atomic mass is 10.1. The number of aromatic nitrogens is 3. The molecule has 0 radical (unpaired) electrons. The van der Waals surface area contributed by atoms with Crippen molar-refractivity contribution >= 4 is 24.8 Å². The van der Waals surface area contributed by atoms with Crippen molar-refractivity contribution in [3.05, 3.63) is 66.3 Å². The van der Waals surface area contributed by atoms with Gasteiger partial charge in [0.1, 0.15) is 0 Å². The Labute approximate surface area is 140 Å². The predicted octanol–water partition coefficient (Wildman–Crippen LogP) is 3.22. The Balaban J connectivity index is 0.00000121. The topological polar surface area (TPSA) is 77.8 Å². The largest absolute Gasteiger partial charge is 0.337 e. The van der Waals surface area contributed by atoms with Gasteiger partial charge in [-0.25, -0.2) is 0 Å². The summed E-state index contributed by atoms with van der Waals surface area (Å²) in [5.41, 5.74) is 8.12. The molecule has 0 spiro atoms. The zero-order chi connectivity index (χ0) is 13.8. The van der Waals surface area contributed by atoms with E-state index in [2.05, 4.69) is 15.1 Å². The van der Waals surface area contributed by atoms with Crippen LogP contribution in [0.4, 0.5) is 0 Å². The number of hydrogen-bond donors (Lipinski definition) is 1. The van der Waals surface area contributed by atoms with Crippen LogP contribution in [-0.4, -0.2) is 15.1 Å². The van der Waals surface area contributed by atoms with Crippen LogP contribution in [0, 0.1) is 0 Å². The van der Waals surface area contributed by atoms with E-state index in [4.69, 9.17) is 10.3 Å². The standard InChI is InChI=1S/C15H14N4O.2ClH/c16-13(10-11-4-2-1-3-5-11)15-18-14(19-20-15)12-6-8-17-9-7-12;;/h1-9,13H,10,16H2;2*1H/t13-;;/m1../s1. The maximum atomic E-state index is 6.11. The van der Waals surface area contributed by atoms with E-state index in [9.17, 15) is 0 Å². The molecule has 0 aliphatic carbocycles. The summed E-state index contributed by atoms with van der Waals surface area (Å²) in [6.45, 7) is 0. The first kappa shape index (κ1) is 18.1. The van der Waals surface area contributed by atoms with Gasteiger partial charge in [0.2, 0.25) is 11.7 Å². The van der Waals surface area contributed by atoms with Crippen LogP contribution in [-0.2, 0) is 6.42 Å². The molecule has 0 aliphatic heterocycles. The second-order valence-electron chi connectivity index (χ2n) is 4.49. The molecule has 2 N–H and O–H groups in total. The molecule has 3 aromatic rings. The Kier molecular flexibility index (Phi) is 6.98. The van der Waals surface area contributed by atoms with E-state index in [0.29, 0.717) is 18.1 Å². The molecular weight excluding hydrogens is 323 g/mol. The van der Waals surface area contributed by atoms with E-state index < -0.39 is 0 Å². The van der Waals surface area contributed by atoms with E-state index in [1.807, 2.05) is 42.5 Å². The first-order chi connectivity index (χ1) is 9.83. The van der Waals surface area contributed by atoms with Gasteiger partial charge in [0.05, 0.1) is 6.04 Å². The van der Waals surface area contributed by atoms with Gasteiger partial charge in [0, 0.05) is 18.0 Å². The fourth-order valence-corrected chi connectivity index (χ4v) is 1.96. The monoisotopic (exact) mass is 338 g/mol. The van der Waals surface area contributed by atoms with Crippen molar-refractivity contribution in [2.24, 2.45) is 5.73 Å². The highest BCUT2D eigenvalue weighted by Crippen LogP contribution is 2.19. The van der Waals surface area contributed by atoms with Crippen molar-refractivity contribution in [3.8, 4) is 11.4 Å². The molecule has 7 heteroatoms. The quantitative estimate of drug-likeness (QED) is 0.790. The van der Waals surface area contributed by atoms with Crippen LogP contribution in [0.15, 0.2) is 59.4 Å². The lowest BCUT2D eigenvalue weighted by Crippen LogP contribution is -2.13. The Morgan fingerprint density at radius 1 is 1.00 bits per heavy atom. The zero-order valence-corrected chi connectivity index (χ0v) is 13.3. The summed E-state index contributed by atoms with van der Waals surface area (Å²) in [5.74, 6) is 0.978. The number of pyridine rings is 1. The molecule has 2 heterocycles. The summed E-state index contributed by atoms with van der Waals surface area (Å²) in [6.07, 6.45) is 4.04. The Bertz CT molecular complexity index is 676. The van der Waals surface area contributed by atoms with E-state index in [1.165, 1.54) is 0 Å². The van der Waals surface area contributed by atoms with Crippen molar-refractivity contribution in [2.45, 2.75) is 12.5 Å². The van der Waals surface area contributed by atoms with Crippen LogP contribution in [0.3, 0.4) is 0 Å². The number of nitrogens with zero attached hydrogens (tertiary/aromatic N) is 3. The number of nitrogens with two attached hydrogens (primary N) is 1. The van der Waals surface area contributed by atoms with Crippen molar-refractivity contribution in [1.29, 1.82) is 0 Å². The molecule has 0 unspecified atom stereocenters. The van der Waals surface area contributed by atoms with E-state index in [1.54, 1.807) is 12.4 Å². The molecular formula is C15H16Cl2N4O. The molecule has 0 amide bonds. The minimum atomic E-state index is -0.305. The summed E-state index contributed by atoms with van der Waals surface area (Å²) in [5, 5.41) is 3.96. The first-order valence-electron chi connectivity index (χ1n) is 6.36. The summed E-state index contributed by atoms with van der Waals surface area (Å²) in [6, 6.07) is 13.4. The third-order valence-corrected chi connectivity index (χ3v) is 3.00. The molecule has 3 rings (SSSR count). The van der Waals surface area contributed by atoms with Gasteiger partial charge in [0.25, 0.3) is 0 Å². The molecule has 0 aliphatic rings. The molecule has 0 saturated heterocycles. The molecule has 2 aromatic heterocycles. The first-order valence-corrected chi connectivity index (χ1v) is 6.36. The zero-order valence-electron chi connectivity index (χ0n) is 11.6. The smallest absolute Gasteiger partial charge is 0.244 e. The third-order valence-electron chi connectivity index (χ3n) is 3.00. The van der Waals surface area contributed by atoms with Crippen LogP contribution >= 0.6 is 24.8 Å². The van der Waals surface area contributed by atoms with Crippen LogP contribution in [0.1, 0.15) is 17.5 Å². The average Bonchev–Trinajstić information content (AvgIpc) is 2.99. The summed E-state index contributed by atoms with van der Waals surface area (Å²) in [7, 11) is 0. The fraction of sp³-hybridized carbons (Fsp3) is 0.133. The highest BCUT2D eigenvalue weighted by Gasteiger charge is 2.16. The van der Waals surface area contributed by atoms with Crippen molar-refractivity contribution < 1.29 is 4.52 Å². The molecule has 5 nitrogen and oxygen atoms in total. The number of halogens is 2. The lowest BCUT2D eigenvalue weighted by Gasteiger charge is -2.05. The van der Waals surface area contributed by atoms with Crippen LogP contribution in [0.2, 0.25) is 0 Å². The fourth-order valence-electron chi connectivity index (χ4n) is 1.96. The van der Waals surface area contributed by atoms with Crippen LogP contribution in [0.5, 0.6) is 0 Å². The molecule has 0 bridgehead atoms. The number of hydrogen-bond acceptors (Lipinski definition) is 5. The molecule has 22 heavy (non-hydrogen) atoms. The predicted molar refractivity (Wildman–Crippen MR) is 89.1 cm³/mol. The third kappa shape index (κ3) is 4.27. The van der Waals surface area contributed by atoms with Crippen molar-refractivity contribution in [1.82, 2.24) is 15.1 Å². The maximum absolute atomic E-state index is 6.11. The van der Waals surface area contributed by atoms with Gasteiger partial charge in [-0.1, -0.05) is 35.5 Å². The molecule has 116 valence electrons. The van der Waals surface area contributed by atoms with Crippen molar-refractivity contribution in [3.63, 3.8) is 0 Å². The SMILES string of the molecule is Cl.Cl.N[C@H](Cc1ccccc1)c1nc(-c2ccncc2)no1. The van der Waals surface area contributed by atoms with Gasteiger partial charge < -0.3 is 10.3 Å². The van der Waals surface area contributed by atoms with E-state index >= 15 is 0 Å². The molecule has 1 aromatic carbocycles. The van der Waals surface area contributed by atoms with Gasteiger partial charge in [-0.3, -0.25) is 4.98 Å². The highest BCUT2D eigenvalue weighted by atomic mass is 35.5. The Morgan fingerprint density at radius 3 is 2.36 bits per heavy atom. The normalized spacial score (nSPS) is 11.1. The number of benzene rings is 1. The molecule has 0 saturated carbocycles. The van der Waals surface area contributed by atoms with Crippen LogP contribution in [0.25, 0.3) is 11.4 Å². The summed E-state index contributed by atoms with van der Waals surface area (Å²) in [4.78, 5) is 8.30. The van der Waals surface area contributed by atoms with E-state index in [-0.39, 0.29) is 30.9 Å².